The molecular formula is C7H13F3N2O3. The van der Waals surface area contributed by atoms with Gasteiger partial charge in [-0.1, -0.05) is 13.8 Å². The molecule has 0 aromatic carbocycles. The number of hydrogen-bond acceptors (Lipinski definition) is 3. The van der Waals surface area contributed by atoms with Crippen LogP contribution in [0.25, 0.3) is 0 Å². The van der Waals surface area contributed by atoms with Crippen molar-refractivity contribution < 1.29 is 27.9 Å². The monoisotopic (exact) mass is 230 g/mol. The number of hydrogen-bond donors (Lipinski definition) is 3. The number of carboxylic acids is 1. The number of carboxylic acid groups (broad SMARTS) is 1. The SMILES string of the molecule is CC(C)C(N)C(N)=O.O=C(O)C(F)(F)F. The summed E-state index contributed by atoms with van der Waals surface area (Å²) in [6, 6.07) is -0.491. The molecule has 0 aromatic rings. The van der Waals surface area contributed by atoms with Crippen LogP contribution in [-0.4, -0.2) is 29.2 Å². The molecule has 0 bridgehead atoms. The maximum absolute atomic E-state index is 10.6. The van der Waals surface area contributed by atoms with Gasteiger partial charge in [0.2, 0.25) is 5.91 Å². The van der Waals surface area contributed by atoms with Crippen molar-refractivity contribution in [1.82, 2.24) is 0 Å². The third kappa shape index (κ3) is 9.01. The zero-order valence-electron chi connectivity index (χ0n) is 8.21. The van der Waals surface area contributed by atoms with Crippen LogP contribution in [0.4, 0.5) is 13.2 Å². The molecule has 0 aliphatic heterocycles. The van der Waals surface area contributed by atoms with Crippen molar-refractivity contribution in [2.75, 3.05) is 0 Å². The molecule has 0 fully saturated rings. The van der Waals surface area contributed by atoms with E-state index in [0.717, 1.165) is 0 Å². The maximum Gasteiger partial charge on any atom is 0.490 e. The molecule has 0 heterocycles. The maximum atomic E-state index is 10.6. The van der Waals surface area contributed by atoms with E-state index in [1.807, 2.05) is 13.8 Å². The molecular weight excluding hydrogens is 217 g/mol. The van der Waals surface area contributed by atoms with Crippen LogP contribution >= 0.6 is 0 Å². The summed E-state index contributed by atoms with van der Waals surface area (Å²) >= 11 is 0. The molecule has 0 aliphatic carbocycles. The quantitative estimate of drug-likeness (QED) is 0.624. The number of alkyl halides is 3. The Morgan fingerprint density at radius 2 is 1.53 bits per heavy atom. The molecule has 1 atom stereocenters. The van der Waals surface area contributed by atoms with E-state index in [9.17, 15) is 18.0 Å². The first-order chi connectivity index (χ1) is 6.50. The number of carbonyl (C=O) groups excluding carboxylic acids is 1. The van der Waals surface area contributed by atoms with Crippen molar-refractivity contribution >= 4 is 11.9 Å². The molecule has 1 amide bonds. The number of aliphatic carboxylic acids is 1. The third-order valence-corrected chi connectivity index (χ3v) is 1.29. The lowest BCUT2D eigenvalue weighted by atomic mass is 10.1. The van der Waals surface area contributed by atoms with Crippen LogP contribution in [-0.2, 0) is 9.59 Å². The molecule has 0 radical (unpaired) electrons. The topological polar surface area (TPSA) is 106 Å². The van der Waals surface area contributed by atoms with E-state index in [-0.39, 0.29) is 5.92 Å². The fraction of sp³-hybridized carbons (Fsp3) is 0.714. The Hall–Kier alpha value is -1.31. The van der Waals surface area contributed by atoms with Gasteiger partial charge in [-0.3, -0.25) is 4.79 Å². The summed E-state index contributed by atoms with van der Waals surface area (Å²) < 4.78 is 31.7. The smallest absolute Gasteiger partial charge is 0.475 e. The van der Waals surface area contributed by atoms with Crippen LogP contribution in [0.1, 0.15) is 13.8 Å². The highest BCUT2D eigenvalue weighted by atomic mass is 19.4. The van der Waals surface area contributed by atoms with Crippen molar-refractivity contribution in [1.29, 1.82) is 0 Å². The minimum atomic E-state index is -5.08. The molecule has 90 valence electrons. The second-order valence-corrected chi connectivity index (χ2v) is 2.98. The van der Waals surface area contributed by atoms with Crippen LogP contribution in [0.3, 0.4) is 0 Å². The largest absolute Gasteiger partial charge is 0.490 e. The molecule has 5 nitrogen and oxygen atoms in total. The molecule has 0 aromatic heterocycles. The molecule has 5 N–H and O–H groups in total. The number of halogens is 3. The van der Waals surface area contributed by atoms with E-state index in [2.05, 4.69) is 0 Å². The van der Waals surface area contributed by atoms with E-state index in [0.29, 0.717) is 0 Å². The molecule has 8 heteroatoms. The van der Waals surface area contributed by atoms with Crippen molar-refractivity contribution in [3.63, 3.8) is 0 Å². The second kappa shape index (κ2) is 6.23. The Morgan fingerprint density at radius 3 is 1.53 bits per heavy atom. The number of carbonyl (C=O) groups is 2. The Labute approximate surface area is 84.2 Å². The van der Waals surface area contributed by atoms with Gasteiger partial charge in [0.25, 0.3) is 0 Å². The van der Waals surface area contributed by atoms with Gasteiger partial charge in [-0.05, 0) is 5.92 Å². The lowest BCUT2D eigenvalue weighted by Gasteiger charge is -2.09. The standard InChI is InChI=1S/C5H12N2O.C2HF3O2/c1-3(2)4(6)5(7)8;3-2(4,5)1(6)7/h3-4H,6H2,1-2H3,(H2,7,8);(H,6,7). The van der Waals surface area contributed by atoms with E-state index >= 15 is 0 Å². The predicted molar refractivity (Wildman–Crippen MR) is 45.7 cm³/mol. The third-order valence-electron chi connectivity index (χ3n) is 1.29. The lowest BCUT2D eigenvalue weighted by Crippen LogP contribution is -2.40. The van der Waals surface area contributed by atoms with Crippen LogP contribution < -0.4 is 11.5 Å². The van der Waals surface area contributed by atoms with Gasteiger partial charge in [0.1, 0.15) is 0 Å². The zero-order valence-corrected chi connectivity index (χ0v) is 8.21. The van der Waals surface area contributed by atoms with Crippen LogP contribution in [0, 0.1) is 5.92 Å². The summed E-state index contributed by atoms with van der Waals surface area (Å²) in [6.07, 6.45) is -5.08. The van der Waals surface area contributed by atoms with Gasteiger partial charge in [-0.25, -0.2) is 4.79 Å². The highest BCUT2D eigenvalue weighted by Gasteiger charge is 2.38. The van der Waals surface area contributed by atoms with Crippen LogP contribution in [0.15, 0.2) is 0 Å². The Kier molecular flexibility index (Phi) is 6.70. The fourth-order valence-corrected chi connectivity index (χ4v) is 0.329. The number of amides is 1. The first kappa shape index (κ1) is 16.1. The zero-order chi connectivity index (χ0) is 12.8. The molecule has 0 saturated carbocycles. The second-order valence-electron chi connectivity index (χ2n) is 2.98. The minimum absolute atomic E-state index is 0.146. The average Bonchev–Trinajstić information content (AvgIpc) is 2.01. The van der Waals surface area contributed by atoms with Crippen molar-refractivity contribution in [2.45, 2.75) is 26.1 Å². The summed E-state index contributed by atoms with van der Waals surface area (Å²) in [5, 5.41) is 7.12. The van der Waals surface area contributed by atoms with Crippen molar-refractivity contribution in [2.24, 2.45) is 17.4 Å². The molecule has 0 spiro atoms. The Morgan fingerprint density at radius 1 is 1.27 bits per heavy atom. The van der Waals surface area contributed by atoms with Crippen molar-refractivity contribution in [3.05, 3.63) is 0 Å². The van der Waals surface area contributed by atoms with Gasteiger partial charge in [0.15, 0.2) is 0 Å². The summed E-state index contributed by atoms with van der Waals surface area (Å²) in [5.41, 5.74) is 10.2. The lowest BCUT2D eigenvalue weighted by molar-refractivity contribution is -0.192. The molecule has 0 aliphatic rings. The van der Waals surface area contributed by atoms with E-state index in [4.69, 9.17) is 21.4 Å². The van der Waals surface area contributed by atoms with E-state index < -0.39 is 24.1 Å². The summed E-state index contributed by atoms with van der Waals surface area (Å²) in [6.45, 7) is 3.71. The number of rotatable bonds is 2. The molecule has 0 saturated heterocycles. The first-order valence-electron chi connectivity index (χ1n) is 3.85. The van der Waals surface area contributed by atoms with Gasteiger partial charge >= 0.3 is 12.1 Å². The highest BCUT2D eigenvalue weighted by Crippen LogP contribution is 2.13. The Balaban J connectivity index is 0. The van der Waals surface area contributed by atoms with Gasteiger partial charge < -0.3 is 16.6 Å². The summed E-state index contributed by atoms with van der Waals surface area (Å²) in [4.78, 5) is 19.1. The predicted octanol–water partition coefficient (Wildman–Crippen LogP) is 0.0883. The fourth-order valence-electron chi connectivity index (χ4n) is 0.329. The molecule has 1 unspecified atom stereocenters. The first-order valence-corrected chi connectivity index (χ1v) is 3.85. The number of nitrogens with two attached hydrogens (primary N) is 2. The van der Waals surface area contributed by atoms with Crippen molar-refractivity contribution in [3.8, 4) is 0 Å². The van der Waals surface area contributed by atoms with Crippen LogP contribution in [0.2, 0.25) is 0 Å². The van der Waals surface area contributed by atoms with Crippen LogP contribution in [0.5, 0.6) is 0 Å². The minimum Gasteiger partial charge on any atom is -0.475 e. The average molecular weight is 230 g/mol. The van der Waals surface area contributed by atoms with E-state index in [1.165, 1.54) is 0 Å². The number of primary amides is 1. The van der Waals surface area contributed by atoms with Gasteiger partial charge in [0, 0.05) is 0 Å². The van der Waals surface area contributed by atoms with E-state index in [1.54, 1.807) is 0 Å². The highest BCUT2D eigenvalue weighted by molar-refractivity contribution is 5.79. The molecule has 15 heavy (non-hydrogen) atoms. The summed E-state index contributed by atoms with van der Waals surface area (Å²) in [5.74, 6) is -3.04. The van der Waals surface area contributed by atoms with Gasteiger partial charge in [0.05, 0.1) is 6.04 Å². The normalized spacial score (nSPS) is 12.7. The summed E-state index contributed by atoms with van der Waals surface area (Å²) in [7, 11) is 0. The Bertz CT molecular complexity index is 228. The van der Waals surface area contributed by atoms with Gasteiger partial charge in [-0.15, -0.1) is 0 Å². The van der Waals surface area contributed by atoms with Gasteiger partial charge in [-0.2, -0.15) is 13.2 Å². The molecule has 0 rings (SSSR count).